The van der Waals surface area contributed by atoms with E-state index in [9.17, 15) is 9.18 Å². The quantitative estimate of drug-likeness (QED) is 0.883. The predicted molar refractivity (Wildman–Crippen MR) is 75.0 cm³/mol. The first kappa shape index (κ1) is 14.8. The molecule has 21 heavy (non-hydrogen) atoms. The van der Waals surface area contributed by atoms with Crippen LogP contribution in [0.3, 0.4) is 0 Å². The number of halogens is 2. The van der Waals surface area contributed by atoms with Gasteiger partial charge in [0.2, 0.25) is 0 Å². The molecule has 0 aromatic heterocycles. The molecule has 0 atom stereocenters. The maximum Gasteiger partial charge on any atom is 0.257 e. The second kappa shape index (κ2) is 6.73. The number of hydrogen-bond acceptors (Lipinski definition) is 3. The molecule has 0 heterocycles. The van der Waals surface area contributed by atoms with Crippen molar-refractivity contribution in [3.05, 3.63) is 64.4 Å². The summed E-state index contributed by atoms with van der Waals surface area (Å²) >= 11 is 5.94. The molecular weight excluding hydrogens is 295 g/mol. The van der Waals surface area contributed by atoms with Crippen LogP contribution in [0.1, 0.15) is 11.1 Å². The molecule has 0 unspecified atom stereocenters. The van der Waals surface area contributed by atoms with E-state index < -0.39 is 11.7 Å². The van der Waals surface area contributed by atoms with Crippen LogP contribution in [0.15, 0.2) is 42.5 Å². The molecule has 0 aliphatic heterocycles. The second-order valence-corrected chi connectivity index (χ2v) is 4.56. The molecule has 1 N–H and O–H groups in total. The van der Waals surface area contributed by atoms with Crippen molar-refractivity contribution < 1.29 is 14.0 Å². The lowest BCUT2D eigenvalue weighted by Gasteiger charge is -2.08. The first-order valence-corrected chi connectivity index (χ1v) is 6.36. The Kier molecular flexibility index (Phi) is 4.75. The zero-order valence-electron chi connectivity index (χ0n) is 10.8. The number of benzene rings is 2. The first-order chi connectivity index (χ1) is 10.1. The molecule has 2 aromatic rings. The molecule has 1 amide bonds. The highest BCUT2D eigenvalue weighted by molar-refractivity contribution is 6.31. The molecule has 0 aliphatic rings. The lowest BCUT2D eigenvalue weighted by molar-refractivity contribution is -0.126. The van der Waals surface area contributed by atoms with E-state index in [0.717, 1.165) is 6.07 Å². The Morgan fingerprint density at radius 3 is 2.81 bits per heavy atom. The number of nitrogens with one attached hydrogen (secondary N) is 1. The van der Waals surface area contributed by atoms with E-state index in [2.05, 4.69) is 5.48 Å². The predicted octanol–water partition coefficient (Wildman–Crippen LogP) is 3.00. The second-order valence-electron chi connectivity index (χ2n) is 4.15. The summed E-state index contributed by atoms with van der Waals surface area (Å²) in [5, 5.41) is 9.19. The van der Waals surface area contributed by atoms with Crippen molar-refractivity contribution in [1.29, 1.82) is 5.26 Å². The minimum absolute atomic E-state index is 0.0476. The standard InChI is InChI=1S/C15H10ClFN2O2/c16-13-4-2-1-3-10(13)8-15(20)19-21-12-5-6-14(17)11(7-12)9-18/h1-7H,8H2,(H,19,20). The molecule has 6 heteroatoms. The summed E-state index contributed by atoms with van der Waals surface area (Å²) in [6.45, 7) is 0. The van der Waals surface area contributed by atoms with Crippen LogP contribution < -0.4 is 10.3 Å². The number of hydroxylamine groups is 1. The monoisotopic (exact) mass is 304 g/mol. The Labute approximate surface area is 125 Å². The van der Waals surface area contributed by atoms with Crippen molar-refractivity contribution in [2.75, 3.05) is 0 Å². The lowest BCUT2D eigenvalue weighted by atomic mass is 10.1. The van der Waals surface area contributed by atoms with Crippen molar-refractivity contribution in [1.82, 2.24) is 5.48 Å². The normalized spacial score (nSPS) is 9.76. The van der Waals surface area contributed by atoms with Crippen LogP contribution in [0.25, 0.3) is 0 Å². The molecular formula is C15H10ClFN2O2. The van der Waals surface area contributed by atoms with Crippen molar-refractivity contribution in [3.8, 4) is 11.8 Å². The van der Waals surface area contributed by atoms with Crippen LogP contribution in [0.5, 0.6) is 5.75 Å². The number of nitrogens with zero attached hydrogens (tertiary/aromatic N) is 1. The molecule has 4 nitrogen and oxygen atoms in total. The lowest BCUT2D eigenvalue weighted by Crippen LogP contribution is -2.28. The topological polar surface area (TPSA) is 62.1 Å². The summed E-state index contributed by atoms with van der Waals surface area (Å²) in [5.74, 6) is -0.890. The third kappa shape index (κ3) is 3.94. The molecule has 0 bridgehead atoms. The van der Waals surface area contributed by atoms with Crippen LogP contribution >= 0.6 is 11.6 Å². The summed E-state index contributed by atoms with van der Waals surface area (Å²) in [6, 6.07) is 12.2. The number of nitriles is 1. The third-order valence-corrected chi connectivity index (χ3v) is 3.02. The number of hydrogen-bond donors (Lipinski definition) is 1. The van der Waals surface area contributed by atoms with Gasteiger partial charge >= 0.3 is 0 Å². The van der Waals surface area contributed by atoms with Gasteiger partial charge in [-0.2, -0.15) is 10.7 Å². The van der Waals surface area contributed by atoms with E-state index in [-0.39, 0.29) is 17.7 Å². The molecule has 0 radical (unpaired) electrons. The number of carbonyl (C=O) groups is 1. The minimum atomic E-state index is -0.646. The van der Waals surface area contributed by atoms with Gasteiger partial charge in [0.25, 0.3) is 5.91 Å². The molecule has 0 spiro atoms. The van der Waals surface area contributed by atoms with Gasteiger partial charge in [0, 0.05) is 11.1 Å². The van der Waals surface area contributed by atoms with Gasteiger partial charge in [-0.3, -0.25) is 4.79 Å². The fourth-order valence-corrected chi connectivity index (χ4v) is 1.82. The van der Waals surface area contributed by atoms with Gasteiger partial charge in [-0.25, -0.2) is 4.39 Å². The Morgan fingerprint density at radius 1 is 1.33 bits per heavy atom. The van der Waals surface area contributed by atoms with Crippen molar-refractivity contribution in [2.45, 2.75) is 6.42 Å². The first-order valence-electron chi connectivity index (χ1n) is 5.99. The summed E-state index contributed by atoms with van der Waals surface area (Å²) in [4.78, 5) is 16.7. The molecule has 106 valence electrons. The van der Waals surface area contributed by atoms with Crippen molar-refractivity contribution in [3.63, 3.8) is 0 Å². The van der Waals surface area contributed by atoms with Gasteiger partial charge in [0.1, 0.15) is 11.9 Å². The number of carbonyl (C=O) groups excluding carboxylic acids is 1. The van der Waals surface area contributed by atoms with Crippen LogP contribution in [0.2, 0.25) is 5.02 Å². The van der Waals surface area contributed by atoms with Crippen LogP contribution in [-0.2, 0) is 11.2 Å². The van der Waals surface area contributed by atoms with E-state index >= 15 is 0 Å². The number of amides is 1. The summed E-state index contributed by atoms with van der Waals surface area (Å²) in [5.41, 5.74) is 2.72. The minimum Gasteiger partial charge on any atom is -0.379 e. The maximum atomic E-state index is 13.1. The van der Waals surface area contributed by atoms with Gasteiger partial charge in [-0.1, -0.05) is 29.8 Å². The van der Waals surface area contributed by atoms with Gasteiger partial charge in [-0.15, -0.1) is 0 Å². The summed E-state index contributed by atoms with van der Waals surface area (Å²) < 4.78 is 13.1. The molecule has 0 fully saturated rings. The molecule has 0 saturated carbocycles. The van der Waals surface area contributed by atoms with Gasteiger partial charge in [-0.05, 0) is 23.8 Å². The molecule has 2 aromatic carbocycles. The molecule has 2 rings (SSSR count). The fourth-order valence-electron chi connectivity index (χ4n) is 1.62. The Balaban J connectivity index is 1.96. The zero-order chi connectivity index (χ0) is 15.2. The van der Waals surface area contributed by atoms with E-state index in [0.29, 0.717) is 10.6 Å². The van der Waals surface area contributed by atoms with E-state index in [4.69, 9.17) is 21.7 Å². The van der Waals surface area contributed by atoms with Gasteiger partial charge < -0.3 is 4.84 Å². The SMILES string of the molecule is N#Cc1cc(ONC(=O)Cc2ccccc2Cl)ccc1F. The Morgan fingerprint density at radius 2 is 2.10 bits per heavy atom. The van der Waals surface area contributed by atoms with Gasteiger partial charge in [0.05, 0.1) is 12.0 Å². The third-order valence-electron chi connectivity index (χ3n) is 2.65. The summed E-state index contributed by atoms with van der Waals surface area (Å²) in [7, 11) is 0. The van der Waals surface area contributed by atoms with Crippen LogP contribution in [0.4, 0.5) is 4.39 Å². The Hall–Kier alpha value is -2.58. The molecule has 0 saturated heterocycles. The van der Waals surface area contributed by atoms with Gasteiger partial charge in [0.15, 0.2) is 5.75 Å². The smallest absolute Gasteiger partial charge is 0.257 e. The highest BCUT2D eigenvalue weighted by atomic mass is 35.5. The zero-order valence-corrected chi connectivity index (χ0v) is 11.5. The maximum absolute atomic E-state index is 13.1. The average Bonchev–Trinajstić information content (AvgIpc) is 2.49. The largest absolute Gasteiger partial charge is 0.379 e. The fraction of sp³-hybridized carbons (Fsp3) is 0.0667. The van der Waals surface area contributed by atoms with E-state index in [1.165, 1.54) is 12.1 Å². The van der Waals surface area contributed by atoms with Crippen molar-refractivity contribution in [2.24, 2.45) is 0 Å². The van der Waals surface area contributed by atoms with E-state index in [1.807, 2.05) is 0 Å². The van der Waals surface area contributed by atoms with E-state index in [1.54, 1.807) is 30.3 Å². The van der Waals surface area contributed by atoms with Crippen LogP contribution in [0, 0.1) is 17.1 Å². The summed E-state index contributed by atoms with van der Waals surface area (Å²) in [6.07, 6.45) is 0.0476. The average molecular weight is 305 g/mol. The highest BCUT2D eigenvalue weighted by Crippen LogP contribution is 2.17. The number of rotatable bonds is 4. The Bertz CT molecular complexity index is 713. The highest BCUT2D eigenvalue weighted by Gasteiger charge is 2.08. The van der Waals surface area contributed by atoms with Crippen LogP contribution in [-0.4, -0.2) is 5.91 Å². The molecule has 0 aliphatic carbocycles. The van der Waals surface area contributed by atoms with Crippen molar-refractivity contribution >= 4 is 17.5 Å².